The average molecular weight is 556 g/mol. The topological polar surface area (TPSA) is 122 Å². The molecule has 3 aromatic carbocycles. The van der Waals surface area contributed by atoms with E-state index in [0.717, 1.165) is 23.7 Å². The summed E-state index contributed by atoms with van der Waals surface area (Å²) in [5.74, 6) is -0.609. The fourth-order valence-corrected chi connectivity index (χ4v) is 6.27. The molecule has 0 aliphatic carbocycles. The van der Waals surface area contributed by atoms with E-state index in [4.69, 9.17) is 23.2 Å². The quantitative estimate of drug-likeness (QED) is 0.342. The Bertz CT molecular complexity index is 1630. The number of hydrogen-bond donors (Lipinski definition) is 2. The molecule has 0 unspecified atom stereocenters. The first-order chi connectivity index (χ1) is 15.9. The third-order valence-electron chi connectivity index (χ3n) is 4.59. The maximum atomic E-state index is 12.9. The number of carbonyl (C=O) groups excluding carboxylic acids is 1. The van der Waals surface area contributed by atoms with Crippen LogP contribution in [0.3, 0.4) is 0 Å². The number of nitrogens with zero attached hydrogens (tertiary/aromatic N) is 1. The fraction of sp³-hybridized carbons (Fsp3) is 0.0476. The van der Waals surface area contributed by atoms with Gasteiger partial charge in [0.2, 0.25) is 0 Å². The second-order valence-electron chi connectivity index (χ2n) is 7.13. The summed E-state index contributed by atoms with van der Waals surface area (Å²) in [5.41, 5.74) is 0.828. The summed E-state index contributed by atoms with van der Waals surface area (Å²) in [6.45, 7) is 0. The van der Waals surface area contributed by atoms with Crippen LogP contribution in [0.5, 0.6) is 0 Å². The third kappa shape index (κ3) is 5.34. The summed E-state index contributed by atoms with van der Waals surface area (Å²) in [6, 6.07) is 14.4. The Morgan fingerprint density at radius 3 is 2.32 bits per heavy atom. The maximum Gasteiger partial charge on any atom is 0.263 e. The lowest BCUT2D eigenvalue weighted by atomic mass is 10.2. The number of rotatable bonds is 6. The van der Waals surface area contributed by atoms with Gasteiger partial charge in [-0.2, -0.15) is 0 Å². The lowest BCUT2D eigenvalue weighted by Crippen LogP contribution is -2.16. The Kier molecular flexibility index (Phi) is 6.58. The fourth-order valence-electron chi connectivity index (χ4n) is 2.94. The number of sulfonamides is 1. The predicted octanol–water partition coefficient (Wildman–Crippen LogP) is 5.06. The van der Waals surface area contributed by atoms with Crippen molar-refractivity contribution in [2.75, 3.05) is 16.3 Å². The van der Waals surface area contributed by atoms with Crippen LogP contribution in [0, 0.1) is 0 Å². The van der Waals surface area contributed by atoms with Crippen molar-refractivity contribution >= 4 is 81.3 Å². The zero-order valence-electron chi connectivity index (χ0n) is 17.2. The highest BCUT2D eigenvalue weighted by molar-refractivity contribution is 7.92. The summed E-state index contributed by atoms with van der Waals surface area (Å²) in [6.07, 6.45) is 1.10. The van der Waals surface area contributed by atoms with E-state index >= 15 is 0 Å². The van der Waals surface area contributed by atoms with Crippen LogP contribution in [0.15, 0.2) is 70.5 Å². The summed E-state index contributed by atoms with van der Waals surface area (Å²) in [7, 11) is -7.49. The molecular formula is C21H15Cl2N3O5S3. The number of anilines is 2. The van der Waals surface area contributed by atoms with Gasteiger partial charge < -0.3 is 0 Å². The Morgan fingerprint density at radius 2 is 1.65 bits per heavy atom. The van der Waals surface area contributed by atoms with Gasteiger partial charge in [0, 0.05) is 22.5 Å². The Labute approximate surface area is 209 Å². The first-order valence-corrected chi connectivity index (χ1v) is 14.4. The molecule has 0 saturated carbocycles. The molecule has 0 atom stereocenters. The van der Waals surface area contributed by atoms with Crippen molar-refractivity contribution in [2.24, 2.45) is 0 Å². The molecule has 0 aliphatic heterocycles. The van der Waals surface area contributed by atoms with Crippen LogP contribution in [-0.4, -0.2) is 34.0 Å². The minimum absolute atomic E-state index is 0.0389. The average Bonchev–Trinajstić information content (AvgIpc) is 3.16. The predicted molar refractivity (Wildman–Crippen MR) is 134 cm³/mol. The first-order valence-electron chi connectivity index (χ1n) is 9.42. The van der Waals surface area contributed by atoms with Crippen LogP contribution in [-0.2, 0) is 19.9 Å². The van der Waals surface area contributed by atoms with E-state index < -0.39 is 25.8 Å². The number of benzene rings is 3. The van der Waals surface area contributed by atoms with Gasteiger partial charge in [0.1, 0.15) is 4.90 Å². The Hall–Kier alpha value is -2.70. The van der Waals surface area contributed by atoms with Crippen molar-refractivity contribution in [1.29, 1.82) is 0 Å². The Balaban J connectivity index is 1.59. The molecule has 1 heterocycles. The van der Waals surface area contributed by atoms with E-state index in [2.05, 4.69) is 15.0 Å². The number of nitrogens with one attached hydrogen (secondary N) is 2. The molecule has 1 aromatic heterocycles. The minimum Gasteiger partial charge on any atom is -0.298 e. The zero-order chi connectivity index (χ0) is 24.7. The van der Waals surface area contributed by atoms with Gasteiger partial charge in [0.25, 0.3) is 15.9 Å². The largest absolute Gasteiger partial charge is 0.298 e. The smallest absolute Gasteiger partial charge is 0.263 e. The minimum atomic E-state index is -4.10. The van der Waals surface area contributed by atoms with Crippen molar-refractivity contribution in [3.8, 4) is 0 Å². The van der Waals surface area contributed by atoms with Crippen LogP contribution in [0.1, 0.15) is 10.4 Å². The normalized spacial score (nSPS) is 12.0. The number of hydrogen-bond acceptors (Lipinski definition) is 7. The summed E-state index contributed by atoms with van der Waals surface area (Å²) >= 11 is 13.0. The maximum absolute atomic E-state index is 12.9. The van der Waals surface area contributed by atoms with Gasteiger partial charge in [-0.3, -0.25) is 14.8 Å². The van der Waals surface area contributed by atoms with Gasteiger partial charge >= 0.3 is 0 Å². The van der Waals surface area contributed by atoms with Crippen molar-refractivity contribution in [3.63, 3.8) is 0 Å². The summed E-state index contributed by atoms with van der Waals surface area (Å²) in [5, 5.41) is 3.21. The standard InChI is InChI=1S/C21H15Cl2N3O5S3/c1-33(28,29)15-7-9-17-18(11-15)32-21(24-17)25-20(27)12-2-8-16(23)19(10-12)34(30,31)26-14-5-3-13(22)4-6-14/h2-11,26H,1H3,(H,24,25,27). The van der Waals surface area contributed by atoms with E-state index in [9.17, 15) is 21.6 Å². The highest BCUT2D eigenvalue weighted by Gasteiger charge is 2.21. The molecule has 0 aliphatic rings. The van der Waals surface area contributed by atoms with Gasteiger partial charge in [-0.1, -0.05) is 34.5 Å². The SMILES string of the molecule is CS(=O)(=O)c1ccc2nc(NC(=O)c3ccc(Cl)c(S(=O)(=O)Nc4ccc(Cl)cc4)c3)sc2c1. The second kappa shape index (κ2) is 9.16. The van der Waals surface area contributed by atoms with Gasteiger partial charge in [0.05, 0.1) is 20.1 Å². The monoisotopic (exact) mass is 555 g/mol. The molecule has 13 heteroatoms. The van der Waals surface area contributed by atoms with Crippen molar-refractivity contribution in [3.05, 3.63) is 76.3 Å². The van der Waals surface area contributed by atoms with Crippen LogP contribution in [0.25, 0.3) is 10.2 Å². The van der Waals surface area contributed by atoms with E-state index in [-0.39, 0.29) is 31.2 Å². The molecule has 2 N–H and O–H groups in total. The third-order valence-corrected chi connectivity index (χ3v) is 8.75. The Morgan fingerprint density at radius 1 is 0.941 bits per heavy atom. The molecule has 1 amide bonds. The number of aromatic nitrogens is 1. The first kappa shape index (κ1) is 24.4. The molecule has 0 radical (unpaired) electrons. The molecule has 8 nitrogen and oxygen atoms in total. The molecule has 4 aromatic rings. The molecule has 34 heavy (non-hydrogen) atoms. The second-order valence-corrected chi connectivity index (χ2v) is 12.7. The van der Waals surface area contributed by atoms with Crippen LogP contribution in [0.4, 0.5) is 10.8 Å². The molecule has 176 valence electrons. The summed E-state index contributed by atoms with van der Waals surface area (Å²) < 4.78 is 52.2. The summed E-state index contributed by atoms with van der Waals surface area (Å²) in [4.78, 5) is 16.9. The van der Waals surface area contributed by atoms with Crippen molar-refractivity contribution < 1.29 is 21.6 Å². The van der Waals surface area contributed by atoms with Crippen LogP contribution >= 0.6 is 34.5 Å². The molecule has 0 spiro atoms. The van der Waals surface area contributed by atoms with E-state index in [1.54, 1.807) is 6.07 Å². The van der Waals surface area contributed by atoms with Gasteiger partial charge in [-0.05, 0) is 60.7 Å². The molecule has 4 rings (SSSR count). The van der Waals surface area contributed by atoms with Crippen molar-refractivity contribution in [1.82, 2.24) is 4.98 Å². The number of halogens is 2. The highest BCUT2D eigenvalue weighted by atomic mass is 35.5. The lowest BCUT2D eigenvalue weighted by Gasteiger charge is -2.11. The van der Waals surface area contributed by atoms with Crippen molar-refractivity contribution in [2.45, 2.75) is 9.79 Å². The number of carbonyl (C=O) groups is 1. The highest BCUT2D eigenvalue weighted by Crippen LogP contribution is 2.30. The number of thiazole rings is 1. The van der Waals surface area contributed by atoms with Crippen LogP contribution in [0.2, 0.25) is 10.0 Å². The zero-order valence-corrected chi connectivity index (χ0v) is 21.2. The van der Waals surface area contributed by atoms with Gasteiger partial charge in [-0.15, -0.1) is 0 Å². The van der Waals surface area contributed by atoms with Gasteiger partial charge in [-0.25, -0.2) is 21.8 Å². The number of fused-ring (bicyclic) bond motifs is 1. The molecular weight excluding hydrogens is 541 g/mol. The van der Waals surface area contributed by atoms with Crippen LogP contribution < -0.4 is 10.0 Å². The van der Waals surface area contributed by atoms with Gasteiger partial charge in [0.15, 0.2) is 15.0 Å². The van der Waals surface area contributed by atoms with E-state index in [1.165, 1.54) is 48.5 Å². The number of amides is 1. The molecule has 0 bridgehead atoms. The van der Waals surface area contributed by atoms with E-state index in [0.29, 0.717) is 15.2 Å². The van der Waals surface area contributed by atoms with E-state index in [1.807, 2.05) is 0 Å². The molecule has 0 saturated heterocycles. The lowest BCUT2D eigenvalue weighted by molar-refractivity contribution is 0.102. The molecule has 0 fully saturated rings. The number of sulfone groups is 1.